The van der Waals surface area contributed by atoms with Gasteiger partial charge in [-0.1, -0.05) is 15.9 Å². The van der Waals surface area contributed by atoms with Crippen molar-refractivity contribution in [3.8, 4) is 0 Å². The number of carboxylic acid groups (broad SMARTS) is 1. The Hall–Kier alpha value is -1.56. The normalized spacial score (nSPS) is 15.4. The van der Waals surface area contributed by atoms with E-state index in [9.17, 15) is 9.59 Å². The Morgan fingerprint density at radius 1 is 1.47 bits per heavy atom. The van der Waals surface area contributed by atoms with Gasteiger partial charge in [0.2, 0.25) is 0 Å². The van der Waals surface area contributed by atoms with E-state index in [1.54, 1.807) is 10.6 Å². The molecule has 1 aliphatic rings. The third-order valence-corrected chi connectivity index (χ3v) is 3.39. The molecular weight excluding hydrogens is 288 g/mol. The van der Waals surface area contributed by atoms with Gasteiger partial charge < -0.3 is 10.1 Å². The molecule has 17 heavy (non-hydrogen) atoms. The van der Waals surface area contributed by atoms with E-state index in [0.717, 1.165) is 12.8 Å². The molecule has 0 aliphatic heterocycles. The van der Waals surface area contributed by atoms with Gasteiger partial charge in [0.15, 0.2) is 0 Å². The summed E-state index contributed by atoms with van der Waals surface area (Å²) < 4.78 is 2.31. The van der Waals surface area contributed by atoms with Gasteiger partial charge in [-0.05, 0) is 25.0 Å². The molecule has 3 rings (SSSR count). The van der Waals surface area contributed by atoms with Gasteiger partial charge in [0, 0.05) is 10.5 Å². The summed E-state index contributed by atoms with van der Waals surface area (Å²) in [5, 5.41) is 9.11. The van der Waals surface area contributed by atoms with E-state index in [0.29, 0.717) is 15.5 Å². The van der Waals surface area contributed by atoms with Crippen molar-refractivity contribution >= 4 is 32.9 Å². The molecule has 0 saturated heterocycles. The Morgan fingerprint density at radius 2 is 2.18 bits per heavy atom. The van der Waals surface area contributed by atoms with Crippen LogP contribution >= 0.6 is 15.9 Å². The molecule has 88 valence electrons. The lowest BCUT2D eigenvalue weighted by Gasteiger charge is -2.02. The molecule has 0 radical (unpaired) electrons. The fourth-order valence-corrected chi connectivity index (χ4v) is 2.50. The van der Waals surface area contributed by atoms with Crippen molar-refractivity contribution in [1.29, 1.82) is 0 Å². The average molecular weight is 297 g/mol. The lowest BCUT2D eigenvalue weighted by atomic mass is 10.2. The van der Waals surface area contributed by atoms with Crippen LogP contribution in [0.5, 0.6) is 0 Å². The van der Waals surface area contributed by atoms with Crippen LogP contribution in [-0.2, 0) is 0 Å². The van der Waals surface area contributed by atoms with Gasteiger partial charge in [-0.25, -0.2) is 9.59 Å². The molecule has 0 bridgehead atoms. The second kappa shape index (κ2) is 3.46. The number of fused-ring (bicyclic) bond motifs is 1. The monoisotopic (exact) mass is 296 g/mol. The van der Waals surface area contributed by atoms with E-state index in [4.69, 9.17) is 5.11 Å². The Bertz CT molecular complexity index is 682. The number of halogens is 1. The first-order valence-corrected chi connectivity index (χ1v) is 6.04. The number of H-pyrrole nitrogens is 1. The summed E-state index contributed by atoms with van der Waals surface area (Å²) >= 11 is 3.27. The standard InChI is InChI=1S/C11H9BrN2O3/c12-5-3-7(10(15)16)9-8(4-5)14(6-1-2-6)11(17)13-9/h3-4,6H,1-2H2,(H,13,17)(H,15,16). The predicted molar refractivity (Wildman–Crippen MR) is 65.5 cm³/mol. The number of nitrogens with one attached hydrogen (secondary N) is 1. The van der Waals surface area contributed by atoms with Crippen LogP contribution in [0.15, 0.2) is 21.4 Å². The summed E-state index contributed by atoms with van der Waals surface area (Å²) in [5.41, 5.74) is 0.941. The van der Waals surface area contributed by atoms with Crippen molar-refractivity contribution in [2.75, 3.05) is 0 Å². The Labute approximate surface area is 104 Å². The molecule has 0 unspecified atom stereocenters. The summed E-state index contributed by atoms with van der Waals surface area (Å²) in [5.74, 6) is -1.04. The quantitative estimate of drug-likeness (QED) is 0.891. The second-order valence-electron chi connectivity index (χ2n) is 4.18. The van der Waals surface area contributed by atoms with Crippen molar-refractivity contribution < 1.29 is 9.90 Å². The Balaban J connectivity index is 2.41. The van der Waals surface area contributed by atoms with Crippen molar-refractivity contribution in [3.05, 3.63) is 32.7 Å². The van der Waals surface area contributed by atoms with Crippen LogP contribution in [0.3, 0.4) is 0 Å². The summed E-state index contributed by atoms with van der Waals surface area (Å²) in [6.07, 6.45) is 1.95. The molecule has 0 amide bonds. The lowest BCUT2D eigenvalue weighted by molar-refractivity contribution is 0.0699. The maximum Gasteiger partial charge on any atom is 0.337 e. The number of aromatic carboxylic acids is 1. The number of carbonyl (C=O) groups is 1. The summed E-state index contributed by atoms with van der Waals surface area (Å²) in [6, 6.07) is 3.49. The molecule has 0 atom stereocenters. The number of imidazole rings is 1. The van der Waals surface area contributed by atoms with Crippen molar-refractivity contribution in [1.82, 2.24) is 9.55 Å². The third kappa shape index (κ3) is 1.59. The van der Waals surface area contributed by atoms with Crippen LogP contribution in [0, 0.1) is 0 Å². The Morgan fingerprint density at radius 3 is 2.76 bits per heavy atom. The van der Waals surface area contributed by atoms with Crippen LogP contribution in [0.1, 0.15) is 29.2 Å². The van der Waals surface area contributed by atoms with Gasteiger partial charge in [0.1, 0.15) is 0 Å². The lowest BCUT2D eigenvalue weighted by Crippen LogP contribution is -2.14. The molecule has 1 fully saturated rings. The van der Waals surface area contributed by atoms with E-state index in [-0.39, 0.29) is 17.3 Å². The van der Waals surface area contributed by atoms with E-state index < -0.39 is 5.97 Å². The van der Waals surface area contributed by atoms with E-state index in [1.165, 1.54) is 6.07 Å². The van der Waals surface area contributed by atoms with E-state index >= 15 is 0 Å². The van der Waals surface area contributed by atoms with Crippen molar-refractivity contribution in [3.63, 3.8) is 0 Å². The summed E-state index contributed by atoms with van der Waals surface area (Å²) in [6.45, 7) is 0. The number of carboxylic acids is 1. The number of hydrogen-bond acceptors (Lipinski definition) is 2. The molecule has 6 heteroatoms. The van der Waals surface area contributed by atoms with E-state index in [1.807, 2.05) is 0 Å². The minimum Gasteiger partial charge on any atom is -0.478 e. The smallest absolute Gasteiger partial charge is 0.337 e. The van der Waals surface area contributed by atoms with E-state index in [2.05, 4.69) is 20.9 Å². The zero-order valence-corrected chi connectivity index (χ0v) is 10.3. The van der Waals surface area contributed by atoms with Gasteiger partial charge >= 0.3 is 11.7 Å². The first kappa shape index (κ1) is 10.6. The van der Waals surface area contributed by atoms with Crippen LogP contribution in [-0.4, -0.2) is 20.6 Å². The van der Waals surface area contributed by atoms with Crippen molar-refractivity contribution in [2.45, 2.75) is 18.9 Å². The maximum atomic E-state index is 11.8. The summed E-state index contributed by atoms with van der Waals surface area (Å²) in [4.78, 5) is 25.6. The Kier molecular flexibility index (Phi) is 2.16. The predicted octanol–water partition coefficient (Wildman–Crippen LogP) is 2.13. The molecule has 1 aliphatic carbocycles. The van der Waals surface area contributed by atoms with Gasteiger partial charge in [-0.3, -0.25) is 4.57 Å². The highest BCUT2D eigenvalue weighted by Crippen LogP contribution is 2.36. The molecule has 1 aromatic carbocycles. The molecule has 1 heterocycles. The molecule has 1 aromatic heterocycles. The number of aromatic amines is 1. The number of hydrogen-bond donors (Lipinski definition) is 2. The van der Waals surface area contributed by atoms with Gasteiger partial charge in [-0.15, -0.1) is 0 Å². The highest BCUT2D eigenvalue weighted by atomic mass is 79.9. The fourth-order valence-electron chi connectivity index (χ4n) is 2.05. The first-order chi connectivity index (χ1) is 8.08. The first-order valence-electron chi connectivity index (χ1n) is 5.25. The van der Waals surface area contributed by atoms with Crippen LogP contribution in [0.4, 0.5) is 0 Å². The SMILES string of the molecule is O=C(O)c1cc(Br)cc2c1[nH]c(=O)n2C1CC1. The molecule has 1 saturated carbocycles. The van der Waals surface area contributed by atoms with Crippen LogP contribution in [0.25, 0.3) is 11.0 Å². The third-order valence-electron chi connectivity index (χ3n) is 2.94. The minimum absolute atomic E-state index is 0.117. The zero-order valence-electron chi connectivity index (χ0n) is 8.74. The summed E-state index contributed by atoms with van der Waals surface area (Å²) in [7, 11) is 0. The average Bonchev–Trinajstić information content (AvgIpc) is 3.01. The molecule has 5 nitrogen and oxygen atoms in total. The van der Waals surface area contributed by atoms with Gasteiger partial charge in [0.05, 0.1) is 16.6 Å². The number of nitrogens with zero attached hydrogens (tertiary/aromatic N) is 1. The maximum absolute atomic E-state index is 11.8. The highest BCUT2D eigenvalue weighted by molar-refractivity contribution is 9.10. The molecule has 2 N–H and O–H groups in total. The number of aromatic nitrogens is 2. The molecule has 2 aromatic rings. The number of rotatable bonds is 2. The van der Waals surface area contributed by atoms with Crippen molar-refractivity contribution in [2.24, 2.45) is 0 Å². The fraction of sp³-hybridized carbons (Fsp3) is 0.273. The minimum atomic E-state index is -1.04. The van der Waals surface area contributed by atoms with Crippen LogP contribution in [0.2, 0.25) is 0 Å². The van der Waals surface area contributed by atoms with Gasteiger partial charge in [0.25, 0.3) is 0 Å². The van der Waals surface area contributed by atoms with Gasteiger partial charge in [-0.2, -0.15) is 0 Å². The molecule has 0 spiro atoms. The topological polar surface area (TPSA) is 75.1 Å². The highest BCUT2D eigenvalue weighted by Gasteiger charge is 2.28. The molecular formula is C11H9BrN2O3. The largest absolute Gasteiger partial charge is 0.478 e. The second-order valence-corrected chi connectivity index (χ2v) is 5.10. The van der Waals surface area contributed by atoms with Crippen LogP contribution < -0.4 is 5.69 Å². The number of benzene rings is 1. The zero-order chi connectivity index (χ0) is 12.2.